The lowest BCUT2D eigenvalue weighted by Gasteiger charge is -2.41. The number of urea groups is 1. The minimum absolute atomic E-state index is 0.00296. The van der Waals surface area contributed by atoms with Crippen LogP contribution in [0.3, 0.4) is 0 Å². The number of carbonyl (C=O) groups excluding carboxylic acids is 14. The molecule has 10 unspecified atom stereocenters. The van der Waals surface area contributed by atoms with Crippen LogP contribution < -0.4 is 32.3 Å². The summed E-state index contributed by atoms with van der Waals surface area (Å²) in [7, 11) is 8.54. The Hall–Kier alpha value is -8.14. The van der Waals surface area contributed by atoms with E-state index < -0.39 is 193 Å². The molecule has 5 aliphatic rings. The first kappa shape index (κ1) is 110. The van der Waals surface area contributed by atoms with Crippen molar-refractivity contribution < 1.29 is 121 Å². The molecule has 2 aromatic carbocycles. The second-order valence-corrected chi connectivity index (χ2v) is 37.9. The molecule has 0 aliphatic carbocycles. The number of rotatable bonds is 56. The molecule has 732 valence electrons. The summed E-state index contributed by atoms with van der Waals surface area (Å²) in [6.07, 6.45) is -16.7. The molecule has 4 saturated heterocycles. The Labute approximate surface area is 778 Å². The number of imide groups is 1. The van der Waals surface area contributed by atoms with Crippen LogP contribution in [0.25, 0.3) is 0 Å². The molecule has 4 fully saturated rings. The fraction of sp³-hybridized carbons (Fsp3) is 0.702. The molecule has 10 amide bonds. The monoisotopic (exact) mass is 1880 g/mol. The third kappa shape index (κ3) is 31.2. The number of ether oxygens (including phenoxy) is 5. The molecule has 7 rings (SSSR count). The summed E-state index contributed by atoms with van der Waals surface area (Å²) < 4.78 is 29.7. The van der Waals surface area contributed by atoms with E-state index in [-0.39, 0.29) is 192 Å². The Balaban J connectivity index is 0.861. The highest BCUT2D eigenvalue weighted by Gasteiger charge is 2.50. The van der Waals surface area contributed by atoms with E-state index in [0.717, 1.165) is 16.0 Å². The number of unbranched alkanes of at least 4 members (excludes halogenated alkanes) is 1. The van der Waals surface area contributed by atoms with Crippen LogP contribution in [-0.4, -0.2) is 317 Å². The highest BCUT2D eigenvalue weighted by atomic mass is 35.5. The van der Waals surface area contributed by atoms with Gasteiger partial charge in [-0.3, -0.25) is 72.1 Å². The first-order valence-electron chi connectivity index (χ1n) is 46.1. The zero-order valence-corrected chi connectivity index (χ0v) is 79.7. The predicted octanol–water partition coefficient (Wildman–Crippen LogP) is 3.63. The lowest BCUT2D eigenvalue weighted by atomic mass is 9.83. The van der Waals surface area contributed by atoms with Crippen molar-refractivity contribution in [3.63, 3.8) is 0 Å². The number of likely N-dealkylation sites (N-methyl/N-ethyl adjacent to an activating group) is 2. The third-order valence-corrected chi connectivity index (χ3v) is 27.2. The molecule has 23 atom stereocenters. The molecule has 131 heavy (non-hydrogen) atoms. The van der Waals surface area contributed by atoms with E-state index >= 15 is 0 Å². The van der Waals surface area contributed by atoms with Crippen molar-refractivity contribution in [2.75, 3.05) is 74.6 Å². The minimum atomic E-state index is -1.61. The van der Waals surface area contributed by atoms with Gasteiger partial charge < -0.3 is 96.4 Å². The van der Waals surface area contributed by atoms with Gasteiger partial charge in [0.1, 0.15) is 76.2 Å². The van der Waals surface area contributed by atoms with Gasteiger partial charge in [-0.25, -0.2) is 4.79 Å². The number of amides is 10. The summed E-state index contributed by atoms with van der Waals surface area (Å²) in [5, 5.41) is 78.0. The zero-order valence-electron chi connectivity index (χ0n) is 78.2. The molecule has 0 spiro atoms. The van der Waals surface area contributed by atoms with Crippen molar-refractivity contribution in [1.29, 1.82) is 0 Å². The number of hydrogen-bond donors (Lipinski definition) is 12. The molecule has 5 heterocycles. The first-order chi connectivity index (χ1) is 61.9. The molecule has 0 bridgehead atoms. The molecule has 5 aliphatic heterocycles. The molecule has 2 aromatic rings. The van der Waals surface area contributed by atoms with Gasteiger partial charge in [0.05, 0.1) is 73.6 Å². The average molecular weight is 1880 g/mol. The van der Waals surface area contributed by atoms with Gasteiger partial charge in [0.25, 0.3) is 11.8 Å². The topological polar surface area (TPSA) is 506 Å². The SMILES string of the molecule is CC[C@H](C)[C@@H](C(CC(=O)N1CCCC1C(OC)C(C)C(=O)C[C@@H](Cc1ccccc1)C(=O)NCCc1ccc(CC(=O)[C@@H](CCCNC(N)=O)NC(=O)[C@H](CC(=O)C[C@@H]2O[C@H](CNC(=O)CC3O[C@H](CCC(=O)C[C@@H]4O[C@H](CNC(=O)CCCCN5C(=O)C(Cl)=C(Cl)C5=O)C(O)C4O)[C@@H](O)[C@H]3O)C(O)C2O)C(C)C)cc1)OC)N(C)C(=O)[C@@H](CC(=O)C(C(C)C)N(C)C)C(C)C. The fourth-order valence-electron chi connectivity index (χ4n) is 18.5. The number of methoxy groups -OCH3 is 2. The van der Waals surface area contributed by atoms with Crippen LogP contribution in [0.4, 0.5) is 4.79 Å². The van der Waals surface area contributed by atoms with Crippen molar-refractivity contribution in [2.24, 2.45) is 53.1 Å². The number of Topliss-reactive ketones (excluding diaryl/α,β-unsaturated/α-hetero) is 5. The zero-order chi connectivity index (χ0) is 97.1. The van der Waals surface area contributed by atoms with Crippen LogP contribution >= 0.6 is 23.2 Å². The summed E-state index contributed by atoms with van der Waals surface area (Å²) in [6, 6.07) is 13.3. The summed E-state index contributed by atoms with van der Waals surface area (Å²) in [5.74, 6) is -9.31. The maximum absolute atomic E-state index is 14.7. The number of aliphatic hydroxyl groups excluding tert-OH is 6. The van der Waals surface area contributed by atoms with Gasteiger partial charge >= 0.3 is 6.03 Å². The maximum atomic E-state index is 14.7. The molecule has 0 saturated carbocycles. The third-order valence-electron chi connectivity index (χ3n) is 26.4. The molecule has 0 radical (unpaired) electrons. The molecular formula is C94H142Cl2N10O25. The number of hydrogen-bond acceptors (Lipinski definition) is 26. The molecule has 35 nitrogen and oxygen atoms in total. The molecule has 0 aromatic heterocycles. The van der Waals surface area contributed by atoms with Crippen molar-refractivity contribution in [1.82, 2.24) is 46.2 Å². The Morgan fingerprint density at radius 1 is 0.573 bits per heavy atom. The second-order valence-electron chi connectivity index (χ2n) is 37.1. The lowest BCUT2D eigenvalue weighted by molar-refractivity contribution is -0.149. The van der Waals surface area contributed by atoms with E-state index in [1.165, 1.54) is 7.11 Å². The van der Waals surface area contributed by atoms with Crippen molar-refractivity contribution in [3.05, 3.63) is 81.4 Å². The van der Waals surface area contributed by atoms with E-state index in [9.17, 15) is 97.8 Å². The largest absolute Gasteiger partial charge is 0.388 e. The van der Waals surface area contributed by atoms with E-state index in [1.807, 2.05) is 103 Å². The van der Waals surface area contributed by atoms with Gasteiger partial charge in [0, 0.05) is 136 Å². The molecular weight excluding hydrogens is 1740 g/mol. The average Bonchev–Trinajstić information content (AvgIpc) is 1.76. The van der Waals surface area contributed by atoms with Crippen LogP contribution in [0.5, 0.6) is 0 Å². The Morgan fingerprint density at radius 3 is 1.69 bits per heavy atom. The van der Waals surface area contributed by atoms with Gasteiger partial charge in [-0.05, 0) is 112 Å². The molecule has 37 heteroatoms. The Morgan fingerprint density at radius 2 is 1.13 bits per heavy atom. The number of nitrogens with zero attached hydrogens (tertiary/aromatic N) is 4. The second kappa shape index (κ2) is 52.7. The van der Waals surface area contributed by atoms with Crippen LogP contribution in [0.15, 0.2) is 64.7 Å². The van der Waals surface area contributed by atoms with E-state index in [1.54, 1.807) is 56.9 Å². The van der Waals surface area contributed by atoms with Crippen molar-refractivity contribution in [2.45, 2.75) is 300 Å². The maximum Gasteiger partial charge on any atom is 0.312 e. The van der Waals surface area contributed by atoms with Gasteiger partial charge in [0.2, 0.25) is 35.4 Å². The molecule has 13 N–H and O–H groups in total. The predicted molar refractivity (Wildman–Crippen MR) is 484 cm³/mol. The number of aliphatic hydroxyl groups is 6. The van der Waals surface area contributed by atoms with Crippen LogP contribution in [0.1, 0.15) is 188 Å². The highest BCUT2D eigenvalue weighted by molar-refractivity contribution is 6.58. The highest BCUT2D eigenvalue weighted by Crippen LogP contribution is 2.36. The Kier molecular flexibility index (Phi) is 44.2. The number of nitrogens with two attached hydrogens (primary N) is 1. The van der Waals surface area contributed by atoms with Crippen LogP contribution in [-0.2, 0) is 105 Å². The normalized spacial score (nSPS) is 24.5. The fourth-order valence-corrected chi connectivity index (χ4v) is 18.9. The van der Waals surface area contributed by atoms with Gasteiger partial charge in [-0.1, -0.05) is 147 Å². The Bertz CT molecular complexity index is 4190. The summed E-state index contributed by atoms with van der Waals surface area (Å²) >= 11 is 11.5. The quantitative estimate of drug-likeness (QED) is 0.0332. The summed E-state index contributed by atoms with van der Waals surface area (Å²) in [5.41, 5.74) is 7.59. The lowest BCUT2D eigenvalue weighted by Crippen LogP contribution is -2.54. The summed E-state index contributed by atoms with van der Waals surface area (Å²) in [4.78, 5) is 196. The van der Waals surface area contributed by atoms with E-state index in [4.69, 9.17) is 52.6 Å². The van der Waals surface area contributed by atoms with Gasteiger partial charge in [-0.2, -0.15) is 0 Å². The first-order valence-corrected chi connectivity index (χ1v) is 46.8. The number of nitrogens with one attached hydrogen (secondary N) is 5. The smallest absolute Gasteiger partial charge is 0.312 e. The summed E-state index contributed by atoms with van der Waals surface area (Å²) in [6.45, 7) is 17.2. The van der Waals surface area contributed by atoms with E-state index in [0.29, 0.717) is 37.8 Å². The minimum Gasteiger partial charge on any atom is -0.388 e. The number of carbonyl (C=O) groups is 14. The van der Waals surface area contributed by atoms with Crippen LogP contribution in [0, 0.1) is 47.3 Å². The van der Waals surface area contributed by atoms with Crippen LogP contribution in [0.2, 0.25) is 0 Å². The van der Waals surface area contributed by atoms with Gasteiger partial charge in [-0.15, -0.1) is 0 Å². The number of primary amides is 1. The van der Waals surface area contributed by atoms with Crippen molar-refractivity contribution >= 4 is 105 Å². The number of likely N-dealkylation sites (tertiary alicyclic amines) is 1. The number of benzene rings is 2. The standard InChI is InChI=1S/C94H142Cl2N10O25/c1-15-53(8)81(104(12)91(123)62(51(4)5)45-67(111)80(52(6)7)103(10)11)69(127-13)47-77(114)105-38-22-26-64(105)88(128-14)54(9)65(109)41-58(39-56-23-17-16-18-24-56)89(121)98-36-34-55-28-30-57(31-29-55)40-66(110)63(25-21-35-99-94(97)126)102-90(122)61(50(2)3)42-60(108)44-71-84(117)87(120)74(131-71)49-101-76(113)46-72-85(118)82(115)68(129-72)33-32-59(107)43-70-83(116)86(119)73(130-70)48-100-75(112)27-19-20-37-106-92(124)78(95)79(96)93(106)125/h16-18,23-24,28-31,50-54,58,61-64,68-74,80-88,115-120H,15,19-22,25-27,32-49H2,1-14H3,(H,98,121)(H,100,112)(H,101,113)(H,102,122)(H3,97,99,126)/t53-,54?,58+,61+,62-,63+,64?,68+,69?,70-,71-,72?,73+,74+,80?,81-,82+,83?,84?,85-,86?,87?,88?/m0/s1. The van der Waals surface area contributed by atoms with Gasteiger partial charge in [0.15, 0.2) is 11.6 Å². The number of halogens is 2. The van der Waals surface area contributed by atoms with Crippen molar-refractivity contribution in [3.8, 4) is 0 Å². The number of ketones is 5. The van der Waals surface area contributed by atoms with E-state index in [2.05, 4.69) is 26.6 Å².